The second-order valence-electron chi connectivity index (χ2n) is 4.72. The summed E-state index contributed by atoms with van der Waals surface area (Å²) in [5.41, 5.74) is 0. The van der Waals surface area contributed by atoms with Crippen molar-refractivity contribution in [3.8, 4) is 0 Å². The van der Waals surface area contributed by atoms with Gasteiger partial charge < -0.3 is 19.7 Å². The van der Waals surface area contributed by atoms with Crippen LogP contribution in [0.2, 0.25) is 0 Å². The minimum atomic E-state index is 0. The van der Waals surface area contributed by atoms with Crippen molar-refractivity contribution in [3.05, 3.63) is 0 Å². The quantitative estimate of drug-likeness (QED) is 0.308. The average molecular weight is 399 g/mol. The first kappa shape index (κ1) is 19.9. The van der Waals surface area contributed by atoms with E-state index in [9.17, 15) is 0 Å². The van der Waals surface area contributed by atoms with Crippen LogP contribution in [0.25, 0.3) is 0 Å². The highest BCUT2D eigenvalue weighted by atomic mass is 127. The van der Waals surface area contributed by atoms with E-state index in [1.807, 2.05) is 0 Å². The molecule has 0 aromatic heterocycles. The maximum atomic E-state index is 5.68. The number of halogens is 1. The molecule has 0 radical (unpaired) electrons. The molecule has 1 aliphatic rings. The summed E-state index contributed by atoms with van der Waals surface area (Å²) in [4.78, 5) is 7.00. The lowest BCUT2D eigenvalue weighted by atomic mass is 10.1. The molecule has 0 unspecified atom stereocenters. The lowest BCUT2D eigenvalue weighted by Gasteiger charge is -2.34. The Hall–Kier alpha value is -0.0800. The van der Waals surface area contributed by atoms with Crippen molar-refractivity contribution in [1.82, 2.24) is 10.2 Å². The van der Waals surface area contributed by atoms with E-state index in [-0.39, 0.29) is 24.0 Å². The Labute approximate surface area is 140 Å². The molecule has 0 amide bonds. The second kappa shape index (κ2) is 12.6. The fourth-order valence-electron chi connectivity index (χ4n) is 2.29. The number of hydrogen-bond donors (Lipinski definition) is 1. The van der Waals surface area contributed by atoms with Crippen molar-refractivity contribution in [2.45, 2.75) is 39.2 Å². The van der Waals surface area contributed by atoms with Crippen LogP contribution in [0, 0.1) is 0 Å². The van der Waals surface area contributed by atoms with Crippen LogP contribution in [0.1, 0.15) is 33.1 Å². The average Bonchev–Trinajstić information content (AvgIpc) is 2.44. The van der Waals surface area contributed by atoms with Gasteiger partial charge in [0.15, 0.2) is 5.96 Å². The third kappa shape index (κ3) is 7.64. The first-order valence-corrected chi connectivity index (χ1v) is 7.45. The van der Waals surface area contributed by atoms with Crippen LogP contribution in [-0.2, 0) is 9.47 Å². The molecule has 0 aromatic rings. The normalized spacial score (nSPS) is 16.9. The zero-order valence-corrected chi connectivity index (χ0v) is 15.4. The summed E-state index contributed by atoms with van der Waals surface area (Å²) in [6.45, 7) is 9.55. The molecule has 20 heavy (non-hydrogen) atoms. The van der Waals surface area contributed by atoms with Gasteiger partial charge >= 0.3 is 0 Å². The van der Waals surface area contributed by atoms with Crippen molar-refractivity contribution in [3.63, 3.8) is 0 Å². The first-order chi connectivity index (χ1) is 9.31. The summed E-state index contributed by atoms with van der Waals surface area (Å²) < 4.78 is 10.7. The largest absolute Gasteiger partial charge is 0.385 e. The van der Waals surface area contributed by atoms with Gasteiger partial charge in [0.2, 0.25) is 0 Å². The third-order valence-corrected chi connectivity index (χ3v) is 3.25. The summed E-state index contributed by atoms with van der Waals surface area (Å²) in [6, 6.07) is 0. The Kier molecular flexibility index (Phi) is 12.6. The Bertz CT molecular complexity index is 257. The van der Waals surface area contributed by atoms with Crippen molar-refractivity contribution >= 4 is 29.9 Å². The van der Waals surface area contributed by atoms with Crippen LogP contribution < -0.4 is 5.32 Å². The number of nitrogens with zero attached hydrogens (tertiary/aromatic N) is 2. The van der Waals surface area contributed by atoms with E-state index in [2.05, 4.69) is 29.1 Å². The Morgan fingerprint density at radius 2 is 2.00 bits per heavy atom. The number of rotatable bonds is 7. The van der Waals surface area contributed by atoms with Crippen LogP contribution in [0.15, 0.2) is 4.99 Å². The highest BCUT2D eigenvalue weighted by Gasteiger charge is 2.21. The smallest absolute Gasteiger partial charge is 0.193 e. The van der Waals surface area contributed by atoms with E-state index >= 15 is 0 Å². The maximum absolute atomic E-state index is 5.68. The van der Waals surface area contributed by atoms with Crippen LogP contribution in [0.4, 0.5) is 0 Å². The molecule has 120 valence electrons. The van der Waals surface area contributed by atoms with E-state index in [4.69, 9.17) is 9.47 Å². The van der Waals surface area contributed by atoms with E-state index in [1.165, 1.54) is 0 Å². The van der Waals surface area contributed by atoms with Gasteiger partial charge in [0.1, 0.15) is 0 Å². The molecule has 0 aliphatic carbocycles. The Balaban J connectivity index is 0.00000361. The number of likely N-dealkylation sites (tertiary alicyclic amines) is 1. The molecule has 1 heterocycles. The van der Waals surface area contributed by atoms with Gasteiger partial charge in [-0.3, -0.25) is 4.99 Å². The second-order valence-corrected chi connectivity index (χ2v) is 4.72. The van der Waals surface area contributed by atoms with Gasteiger partial charge in [0, 0.05) is 46.5 Å². The summed E-state index contributed by atoms with van der Waals surface area (Å²) in [7, 11) is 1.73. The van der Waals surface area contributed by atoms with Gasteiger partial charge in [-0.1, -0.05) is 0 Å². The molecular weight excluding hydrogens is 369 g/mol. The predicted octanol–water partition coefficient (Wildman–Crippen LogP) is 2.11. The van der Waals surface area contributed by atoms with Crippen molar-refractivity contribution in [2.75, 3.05) is 46.5 Å². The first-order valence-electron chi connectivity index (χ1n) is 7.45. The summed E-state index contributed by atoms with van der Waals surface area (Å²) in [5.74, 6) is 1.04. The van der Waals surface area contributed by atoms with Gasteiger partial charge in [-0.05, 0) is 33.1 Å². The van der Waals surface area contributed by atoms with Gasteiger partial charge in [-0.2, -0.15) is 0 Å². The summed E-state index contributed by atoms with van der Waals surface area (Å²) in [5, 5.41) is 3.37. The lowest BCUT2D eigenvalue weighted by molar-refractivity contribution is 0.0263. The number of piperidine rings is 1. The molecule has 1 aliphatic heterocycles. The lowest BCUT2D eigenvalue weighted by Crippen LogP contribution is -2.47. The molecule has 0 bridgehead atoms. The molecule has 1 saturated heterocycles. The molecule has 0 spiro atoms. The van der Waals surface area contributed by atoms with Gasteiger partial charge in [0.05, 0.1) is 6.10 Å². The van der Waals surface area contributed by atoms with Crippen molar-refractivity contribution < 1.29 is 9.47 Å². The van der Waals surface area contributed by atoms with E-state index in [1.54, 1.807) is 7.11 Å². The van der Waals surface area contributed by atoms with Crippen LogP contribution >= 0.6 is 24.0 Å². The molecule has 1 N–H and O–H groups in total. The molecular formula is C14H30IN3O2. The molecule has 0 saturated carbocycles. The summed E-state index contributed by atoms with van der Waals surface area (Å²) in [6.07, 6.45) is 3.59. The van der Waals surface area contributed by atoms with Crippen LogP contribution in [-0.4, -0.2) is 63.5 Å². The van der Waals surface area contributed by atoms with Crippen molar-refractivity contribution in [2.24, 2.45) is 4.99 Å². The predicted molar refractivity (Wildman–Crippen MR) is 94.1 cm³/mol. The molecule has 1 rings (SSSR count). The number of methoxy groups -OCH3 is 1. The van der Waals surface area contributed by atoms with E-state index in [0.717, 1.165) is 64.6 Å². The Morgan fingerprint density at radius 3 is 2.55 bits per heavy atom. The minimum Gasteiger partial charge on any atom is -0.385 e. The monoisotopic (exact) mass is 399 g/mol. The number of guanidine groups is 1. The van der Waals surface area contributed by atoms with Crippen LogP contribution in [0.3, 0.4) is 0 Å². The molecule has 6 heteroatoms. The zero-order chi connectivity index (χ0) is 13.9. The van der Waals surface area contributed by atoms with Gasteiger partial charge in [-0.15, -0.1) is 24.0 Å². The number of hydrogen-bond acceptors (Lipinski definition) is 3. The van der Waals surface area contributed by atoms with Crippen molar-refractivity contribution in [1.29, 1.82) is 0 Å². The SMILES string of the molecule is CCNC(=NCCCOC)N1CCC(OCC)CC1.I. The highest BCUT2D eigenvalue weighted by molar-refractivity contribution is 14.0. The van der Waals surface area contributed by atoms with Crippen LogP contribution in [0.5, 0.6) is 0 Å². The summed E-state index contributed by atoms with van der Waals surface area (Å²) >= 11 is 0. The third-order valence-electron chi connectivity index (χ3n) is 3.25. The van der Waals surface area contributed by atoms with Gasteiger partial charge in [0.25, 0.3) is 0 Å². The van der Waals surface area contributed by atoms with E-state index in [0.29, 0.717) is 6.10 Å². The zero-order valence-electron chi connectivity index (χ0n) is 13.1. The molecule has 5 nitrogen and oxygen atoms in total. The fourth-order valence-corrected chi connectivity index (χ4v) is 2.29. The highest BCUT2D eigenvalue weighted by Crippen LogP contribution is 2.13. The fraction of sp³-hybridized carbons (Fsp3) is 0.929. The number of nitrogens with one attached hydrogen (secondary N) is 1. The molecule has 1 fully saturated rings. The Morgan fingerprint density at radius 1 is 1.30 bits per heavy atom. The topological polar surface area (TPSA) is 46.1 Å². The molecule has 0 aromatic carbocycles. The van der Waals surface area contributed by atoms with E-state index < -0.39 is 0 Å². The number of aliphatic imine (C=N–C) groups is 1. The standard InChI is InChI=1S/C14H29N3O2.HI/c1-4-15-14(16-9-6-12-18-3)17-10-7-13(8-11-17)19-5-2;/h13H,4-12H2,1-3H3,(H,15,16);1H. The minimum absolute atomic E-state index is 0. The maximum Gasteiger partial charge on any atom is 0.193 e. The number of ether oxygens (including phenoxy) is 2. The van der Waals surface area contributed by atoms with Gasteiger partial charge in [-0.25, -0.2) is 0 Å². The molecule has 0 atom stereocenters.